The van der Waals surface area contributed by atoms with Gasteiger partial charge in [0.2, 0.25) is 0 Å². The van der Waals surface area contributed by atoms with Gasteiger partial charge in [0.15, 0.2) is 0 Å². The van der Waals surface area contributed by atoms with E-state index in [-0.39, 0.29) is 16.1 Å². The number of rotatable bonds is 7. The minimum absolute atomic E-state index is 0.0712. The monoisotopic (exact) mass is 641 g/mol. The molecule has 1 aromatic heterocycles. The standard InChI is InChI=1S/C35H23ClF3N3O2S/c36-30-17-23(35(43)41-44)10-14-27(30)21-5-3-6-22(16-21)33-32(28-7-2-1-4-24(28)19-40)29-18-25(37)11-15-31(29)42(33)45-26-12-8-20(9-13-26)34(38)39/h3,5-6,8-18,34H,1-2,4,7H2. The number of halogens is 4. The van der Waals surface area contributed by atoms with Gasteiger partial charge >= 0.3 is 5.91 Å². The molecule has 0 saturated heterocycles. The summed E-state index contributed by atoms with van der Waals surface area (Å²) in [6.45, 7) is 0. The van der Waals surface area contributed by atoms with Gasteiger partial charge in [-0.15, -0.1) is 4.91 Å². The Labute approximate surface area is 266 Å². The number of fused-ring (bicyclic) bond motifs is 1. The van der Waals surface area contributed by atoms with Crippen LogP contribution in [0.15, 0.2) is 101 Å². The van der Waals surface area contributed by atoms with E-state index in [4.69, 9.17) is 11.6 Å². The van der Waals surface area contributed by atoms with Crippen LogP contribution in [0, 0.1) is 22.1 Å². The number of hydrogen-bond acceptors (Lipinski definition) is 4. The molecule has 0 spiro atoms. The molecule has 0 N–H and O–H groups in total. The first-order valence-electron chi connectivity index (χ1n) is 14.1. The van der Waals surface area contributed by atoms with Crippen LogP contribution in [0.4, 0.5) is 13.2 Å². The summed E-state index contributed by atoms with van der Waals surface area (Å²) in [4.78, 5) is 23.3. The number of nitrogens with zero attached hydrogens (tertiary/aromatic N) is 3. The Hall–Kier alpha value is -4.65. The number of carbonyl (C=O) groups excluding carboxylic acids is 1. The second kappa shape index (κ2) is 12.8. The van der Waals surface area contributed by atoms with Gasteiger partial charge < -0.3 is 0 Å². The lowest BCUT2D eigenvalue weighted by Crippen LogP contribution is -2.01. The van der Waals surface area contributed by atoms with Crippen molar-refractivity contribution in [1.29, 1.82) is 5.26 Å². The van der Waals surface area contributed by atoms with E-state index in [0.717, 1.165) is 35.2 Å². The van der Waals surface area contributed by atoms with E-state index in [9.17, 15) is 28.1 Å². The van der Waals surface area contributed by atoms with Crippen LogP contribution in [0.1, 0.15) is 53.6 Å². The van der Waals surface area contributed by atoms with Gasteiger partial charge in [-0.25, -0.2) is 13.2 Å². The highest BCUT2D eigenvalue weighted by Gasteiger charge is 2.27. The first-order valence-corrected chi connectivity index (χ1v) is 15.2. The molecule has 1 aliphatic carbocycles. The Balaban J connectivity index is 1.61. The maximum atomic E-state index is 14.9. The number of aromatic nitrogens is 1. The number of alkyl halides is 2. The molecule has 0 radical (unpaired) electrons. The fraction of sp³-hybridized carbons (Fsp3) is 0.143. The van der Waals surface area contributed by atoms with Gasteiger partial charge in [-0.2, -0.15) is 5.26 Å². The van der Waals surface area contributed by atoms with Gasteiger partial charge in [0.1, 0.15) is 5.82 Å². The summed E-state index contributed by atoms with van der Waals surface area (Å²) >= 11 is 7.88. The van der Waals surface area contributed by atoms with Gasteiger partial charge in [0.05, 0.1) is 17.3 Å². The van der Waals surface area contributed by atoms with E-state index < -0.39 is 18.1 Å². The summed E-state index contributed by atoms with van der Waals surface area (Å²) < 4.78 is 43.4. The Bertz CT molecular complexity index is 2050. The van der Waals surface area contributed by atoms with Gasteiger partial charge in [0, 0.05) is 53.9 Å². The molecule has 5 aromatic rings. The van der Waals surface area contributed by atoms with Crippen LogP contribution >= 0.6 is 23.5 Å². The molecule has 0 unspecified atom stereocenters. The Kier molecular flexibility index (Phi) is 8.61. The van der Waals surface area contributed by atoms with E-state index in [1.54, 1.807) is 24.3 Å². The lowest BCUT2D eigenvalue weighted by Gasteiger charge is -2.19. The maximum absolute atomic E-state index is 14.9. The third-order valence-corrected chi connectivity index (χ3v) is 9.22. The van der Waals surface area contributed by atoms with E-state index in [0.29, 0.717) is 45.3 Å². The van der Waals surface area contributed by atoms with E-state index in [2.05, 4.69) is 11.2 Å². The number of carbonyl (C=O) groups is 1. The minimum atomic E-state index is -2.60. The van der Waals surface area contributed by atoms with Crippen molar-refractivity contribution in [3.05, 3.63) is 123 Å². The smallest absolute Gasteiger partial charge is 0.279 e. The summed E-state index contributed by atoms with van der Waals surface area (Å²) in [6.07, 6.45) is 0.421. The van der Waals surface area contributed by atoms with Crippen molar-refractivity contribution >= 4 is 45.9 Å². The highest BCUT2D eigenvalue weighted by Crippen LogP contribution is 2.47. The summed E-state index contributed by atoms with van der Waals surface area (Å²) in [5, 5.41) is 13.5. The topological polar surface area (TPSA) is 75.2 Å². The van der Waals surface area contributed by atoms with E-state index in [1.165, 1.54) is 48.3 Å². The molecular weight excluding hydrogens is 619 g/mol. The van der Waals surface area contributed by atoms with Gasteiger partial charge in [0.25, 0.3) is 6.43 Å². The summed E-state index contributed by atoms with van der Waals surface area (Å²) in [6, 6.07) is 25.0. The van der Waals surface area contributed by atoms with Crippen LogP contribution in [0.25, 0.3) is 38.9 Å². The summed E-state index contributed by atoms with van der Waals surface area (Å²) in [5.74, 6) is -1.35. The molecule has 1 amide bonds. The molecule has 10 heteroatoms. The molecule has 0 saturated carbocycles. The van der Waals surface area contributed by atoms with Crippen LogP contribution < -0.4 is 0 Å². The first kappa shape index (κ1) is 30.4. The summed E-state index contributed by atoms with van der Waals surface area (Å²) in [5.41, 5.74) is 5.74. The van der Waals surface area contributed by atoms with Crippen LogP contribution in [0.3, 0.4) is 0 Å². The van der Waals surface area contributed by atoms with Crippen LogP contribution in [0.2, 0.25) is 5.02 Å². The number of benzene rings is 4. The number of nitriles is 1. The summed E-state index contributed by atoms with van der Waals surface area (Å²) in [7, 11) is 0. The first-order chi connectivity index (χ1) is 21.8. The van der Waals surface area contributed by atoms with Crippen LogP contribution in [0.5, 0.6) is 0 Å². The Morgan fingerprint density at radius 2 is 1.71 bits per heavy atom. The zero-order valence-corrected chi connectivity index (χ0v) is 25.1. The molecule has 0 bridgehead atoms. The predicted molar refractivity (Wildman–Crippen MR) is 172 cm³/mol. The Morgan fingerprint density at radius 1 is 0.956 bits per heavy atom. The zero-order chi connectivity index (χ0) is 31.7. The highest BCUT2D eigenvalue weighted by atomic mass is 35.5. The molecule has 1 heterocycles. The van der Waals surface area contributed by atoms with Crippen molar-refractivity contribution in [2.24, 2.45) is 5.18 Å². The SMILES string of the molecule is N#CC1=C(c2c(-c3cccc(-c4ccc(C(=O)N=O)cc4Cl)c3)n(Sc3ccc(C(F)F)cc3)c3ccc(F)cc23)CCCC1. The van der Waals surface area contributed by atoms with Gasteiger partial charge in [-0.1, -0.05) is 48.0 Å². The molecule has 0 atom stereocenters. The molecule has 6 rings (SSSR count). The number of hydrogen-bond donors (Lipinski definition) is 0. The predicted octanol–water partition coefficient (Wildman–Crippen LogP) is 11.0. The number of nitroso groups, excluding NO2 is 1. The fourth-order valence-electron chi connectivity index (χ4n) is 5.75. The minimum Gasteiger partial charge on any atom is -0.279 e. The molecule has 0 fully saturated rings. The van der Waals surface area contributed by atoms with Crippen molar-refractivity contribution < 1.29 is 18.0 Å². The second-order valence-electron chi connectivity index (χ2n) is 10.6. The normalized spacial score (nSPS) is 13.3. The molecule has 5 nitrogen and oxygen atoms in total. The largest absolute Gasteiger partial charge is 0.316 e. The zero-order valence-electron chi connectivity index (χ0n) is 23.6. The lowest BCUT2D eigenvalue weighted by molar-refractivity contribution is 0.100. The van der Waals surface area contributed by atoms with Crippen molar-refractivity contribution in [3.63, 3.8) is 0 Å². The van der Waals surface area contributed by atoms with Gasteiger partial charge in [-0.05, 0) is 97.3 Å². The number of amides is 1. The molecule has 224 valence electrons. The fourth-order valence-corrected chi connectivity index (χ4v) is 7.05. The van der Waals surface area contributed by atoms with E-state index in [1.807, 2.05) is 28.2 Å². The van der Waals surface area contributed by atoms with Crippen molar-refractivity contribution in [2.75, 3.05) is 0 Å². The quantitative estimate of drug-likeness (QED) is 0.166. The van der Waals surface area contributed by atoms with E-state index >= 15 is 0 Å². The van der Waals surface area contributed by atoms with Crippen molar-refractivity contribution in [2.45, 2.75) is 37.0 Å². The van der Waals surface area contributed by atoms with Gasteiger partial charge in [-0.3, -0.25) is 8.77 Å². The third-order valence-electron chi connectivity index (χ3n) is 7.87. The average Bonchev–Trinajstić information content (AvgIpc) is 3.37. The molecule has 1 aliphatic rings. The maximum Gasteiger partial charge on any atom is 0.316 e. The molecular formula is C35H23ClF3N3O2S. The third kappa shape index (κ3) is 5.91. The number of allylic oxidation sites excluding steroid dienone is 2. The molecule has 45 heavy (non-hydrogen) atoms. The van der Waals surface area contributed by atoms with Crippen molar-refractivity contribution in [1.82, 2.24) is 3.97 Å². The molecule has 0 aliphatic heterocycles. The second-order valence-corrected chi connectivity index (χ2v) is 12.0. The van der Waals surface area contributed by atoms with Crippen LogP contribution in [-0.2, 0) is 0 Å². The molecule has 4 aromatic carbocycles. The highest BCUT2D eigenvalue weighted by molar-refractivity contribution is 7.98. The Morgan fingerprint density at radius 3 is 2.42 bits per heavy atom. The average molecular weight is 642 g/mol. The van der Waals surface area contributed by atoms with Crippen molar-refractivity contribution in [3.8, 4) is 28.5 Å². The van der Waals surface area contributed by atoms with Crippen LogP contribution in [-0.4, -0.2) is 9.88 Å². The lowest BCUT2D eigenvalue weighted by atomic mass is 9.85.